The Hall–Kier alpha value is -2.11. The van der Waals surface area contributed by atoms with E-state index in [1.54, 1.807) is 0 Å². The fraction of sp³-hybridized carbons (Fsp3) is 0. The van der Waals surface area contributed by atoms with E-state index in [1.807, 2.05) is 0 Å². The standard InChI is InChI=1S/C13H8Cl2N2O3/c14-9-2-1-7(13(19)20)5-11(9)17-12(18)8-3-4-16-6-10(8)15/h1-6H,(H,17,18)(H,19,20). The normalized spacial score (nSPS) is 10.1. The van der Waals surface area contributed by atoms with E-state index in [2.05, 4.69) is 10.3 Å². The summed E-state index contributed by atoms with van der Waals surface area (Å²) < 4.78 is 0. The van der Waals surface area contributed by atoms with Crippen LogP contribution in [0, 0.1) is 0 Å². The summed E-state index contributed by atoms with van der Waals surface area (Å²) in [6.45, 7) is 0. The van der Waals surface area contributed by atoms with Gasteiger partial charge in [-0.1, -0.05) is 23.2 Å². The summed E-state index contributed by atoms with van der Waals surface area (Å²) in [6, 6.07) is 5.47. The number of benzene rings is 1. The van der Waals surface area contributed by atoms with Crippen LogP contribution in [0.1, 0.15) is 20.7 Å². The molecule has 20 heavy (non-hydrogen) atoms. The third kappa shape index (κ3) is 3.07. The molecule has 1 heterocycles. The number of pyridine rings is 1. The Morgan fingerprint density at radius 3 is 2.55 bits per heavy atom. The summed E-state index contributed by atoms with van der Waals surface area (Å²) in [6.07, 6.45) is 2.77. The van der Waals surface area contributed by atoms with E-state index in [0.29, 0.717) is 0 Å². The van der Waals surface area contributed by atoms with E-state index in [1.165, 1.54) is 36.7 Å². The summed E-state index contributed by atoms with van der Waals surface area (Å²) in [5.74, 6) is -1.61. The SMILES string of the molecule is O=C(O)c1ccc(Cl)c(NC(=O)c2ccncc2Cl)c1. The number of hydrogen-bond donors (Lipinski definition) is 2. The van der Waals surface area contributed by atoms with Crippen molar-refractivity contribution < 1.29 is 14.7 Å². The van der Waals surface area contributed by atoms with Crippen LogP contribution in [0.4, 0.5) is 5.69 Å². The largest absolute Gasteiger partial charge is 0.478 e. The van der Waals surface area contributed by atoms with Gasteiger partial charge >= 0.3 is 5.97 Å². The van der Waals surface area contributed by atoms with Crippen molar-refractivity contribution in [2.75, 3.05) is 5.32 Å². The maximum Gasteiger partial charge on any atom is 0.335 e. The van der Waals surface area contributed by atoms with E-state index in [4.69, 9.17) is 28.3 Å². The monoisotopic (exact) mass is 310 g/mol. The molecule has 0 saturated heterocycles. The number of aromatic nitrogens is 1. The molecule has 2 aromatic rings. The van der Waals surface area contributed by atoms with Gasteiger partial charge in [-0.05, 0) is 24.3 Å². The molecule has 0 aliphatic carbocycles. The molecule has 0 radical (unpaired) electrons. The molecular weight excluding hydrogens is 303 g/mol. The molecule has 1 amide bonds. The number of carbonyl (C=O) groups excluding carboxylic acids is 1. The Bertz CT molecular complexity index is 689. The molecular formula is C13H8Cl2N2O3. The van der Waals surface area contributed by atoms with Gasteiger partial charge in [0.15, 0.2) is 0 Å². The highest BCUT2D eigenvalue weighted by molar-refractivity contribution is 6.36. The van der Waals surface area contributed by atoms with Crippen LogP contribution in [0.5, 0.6) is 0 Å². The number of nitrogens with one attached hydrogen (secondary N) is 1. The minimum Gasteiger partial charge on any atom is -0.478 e. The Kier molecular flexibility index (Phi) is 4.22. The predicted molar refractivity (Wildman–Crippen MR) is 75.6 cm³/mol. The molecule has 0 aliphatic heterocycles. The lowest BCUT2D eigenvalue weighted by molar-refractivity contribution is 0.0696. The van der Waals surface area contributed by atoms with Crippen molar-refractivity contribution in [3.63, 3.8) is 0 Å². The number of nitrogens with zero attached hydrogens (tertiary/aromatic N) is 1. The van der Waals surface area contributed by atoms with Crippen LogP contribution in [0.25, 0.3) is 0 Å². The highest BCUT2D eigenvalue weighted by Gasteiger charge is 2.13. The van der Waals surface area contributed by atoms with E-state index < -0.39 is 11.9 Å². The van der Waals surface area contributed by atoms with Gasteiger partial charge in [-0.3, -0.25) is 9.78 Å². The molecule has 0 aliphatic rings. The molecule has 1 aromatic heterocycles. The third-order valence-corrected chi connectivity index (χ3v) is 3.11. The minimum atomic E-state index is -1.11. The zero-order valence-electron chi connectivity index (χ0n) is 9.93. The summed E-state index contributed by atoms with van der Waals surface area (Å²) >= 11 is 11.8. The molecule has 2 N–H and O–H groups in total. The topological polar surface area (TPSA) is 79.3 Å². The number of amides is 1. The Morgan fingerprint density at radius 1 is 1.15 bits per heavy atom. The van der Waals surface area contributed by atoms with Crippen LogP contribution in [-0.4, -0.2) is 22.0 Å². The first kappa shape index (κ1) is 14.3. The maximum absolute atomic E-state index is 12.0. The van der Waals surface area contributed by atoms with Crippen LogP contribution in [-0.2, 0) is 0 Å². The molecule has 7 heteroatoms. The Morgan fingerprint density at radius 2 is 1.90 bits per heavy atom. The summed E-state index contributed by atoms with van der Waals surface area (Å²) in [7, 11) is 0. The van der Waals surface area contributed by atoms with E-state index in [9.17, 15) is 9.59 Å². The fourth-order valence-electron chi connectivity index (χ4n) is 1.50. The summed E-state index contributed by atoms with van der Waals surface area (Å²) in [4.78, 5) is 26.7. The second-order valence-electron chi connectivity index (χ2n) is 3.81. The third-order valence-electron chi connectivity index (χ3n) is 2.48. The first-order valence-electron chi connectivity index (χ1n) is 5.42. The number of rotatable bonds is 3. The highest BCUT2D eigenvalue weighted by atomic mass is 35.5. The van der Waals surface area contributed by atoms with Gasteiger partial charge in [-0.25, -0.2) is 4.79 Å². The molecule has 2 rings (SSSR count). The lowest BCUT2D eigenvalue weighted by atomic mass is 10.2. The number of anilines is 1. The maximum atomic E-state index is 12.0. The van der Waals surface area contributed by atoms with Gasteiger partial charge in [0.2, 0.25) is 0 Å². The average molecular weight is 311 g/mol. The van der Waals surface area contributed by atoms with Crippen molar-refractivity contribution in [3.8, 4) is 0 Å². The van der Waals surface area contributed by atoms with E-state index >= 15 is 0 Å². The number of aromatic carboxylic acids is 1. The van der Waals surface area contributed by atoms with E-state index in [-0.39, 0.29) is 26.9 Å². The van der Waals surface area contributed by atoms with Gasteiger partial charge in [0.1, 0.15) is 0 Å². The van der Waals surface area contributed by atoms with Crippen LogP contribution < -0.4 is 5.32 Å². The Labute approximate surface area is 124 Å². The predicted octanol–water partition coefficient (Wildman–Crippen LogP) is 3.34. The molecule has 0 spiro atoms. The summed E-state index contributed by atoms with van der Waals surface area (Å²) in [5, 5.41) is 11.8. The second kappa shape index (κ2) is 5.90. The Balaban J connectivity index is 2.30. The van der Waals surface area contributed by atoms with E-state index in [0.717, 1.165) is 0 Å². The molecule has 102 valence electrons. The number of carbonyl (C=O) groups is 2. The van der Waals surface area contributed by atoms with Crippen molar-refractivity contribution >= 4 is 40.8 Å². The molecule has 1 aromatic carbocycles. The highest BCUT2D eigenvalue weighted by Crippen LogP contribution is 2.24. The second-order valence-corrected chi connectivity index (χ2v) is 4.62. The van der Waals surface area contributed by atoms with Gasteiger partial charge < -0.3 is 10.4 Å². The van der Waals surface area contributed by atoms with Crippen LogP contribution in [0.3, 0.4) is 0 Å². The zero-order chi connectivity index (χ0) is 14.7. The minimum absolute atomic E-state index is 0.0190. The average Bonchev–Trinajstić information content (AvgIpc) is 2.41. The van der Waals surface area contributed by atoms with Gasteiger partial charge in [-0.2, -0.15) is 0 Å². The molecule has 5 nitrogen and oxygen atoms in total. The van der Waals surface area contributed by atoms with Crippen molar-refractivity contribution in [1.29, 1.82) is 0 Å². The first-order valence-corrected chi connectivity index (χ1v) is 6.18. The van der Waals surface area contributed by atoms with Crippen LogP contribution >= 0.6 is 23.2 Å². The number of carboxylic acid groups (broad SMARTS) is 1. The van der Waals surface area contributed by atoms with Crippen molar-refractivity contribution in [1.82, 2.24) is 4.98 Å². The number of carboxylic acids is 1. The molecule has 0 fully saturated rings. The van der Waals surface area contributed by atoms with Gasteiger partial charge in [0.25, 0.3) is 5.91 Å². The quantitative estimate of drug-likeness (QED) is 0.911. The number of hydrogen-bond acceptors (Lipinski definition) is 3. The molecule has 0 unspecified atom stereocenters. The van der Waals surface area contributed by atoms with Gasteiger partial charge in [0.05, 0.1) is 26.9 Å². The zero-order valence-corrected chi connectivity index (χ0v) is 11.4. The molecule has 0 saturated carbocycles. The fourth-order valence-corrected chi connectivity index (χ4v) is 1.87. The van der Waals surface area contributed by atoms with Crippen molar-refractivity contribution in [3.05, 3.63) is 57.8 Å². The van der Waals surface area contributed by atoms with Crippen LogP contribution in [0.2, 0.25) is 10.0 Å². The van der Waals surface area contributed by atoms with Crippen molar-refractivity contribution in [2.24, 2.45) is 0 Å². The lowest BCUT2D eigenvalue weighted by Gasteiger charge is -2.09. The lowest BCUT2D eigenvalue weighted by Crippen LogP contribution is -2.13. The van der Waals surface area contributed by atoms with Gasteiger partial charge in [0, 0.05) is 12.4 Å². The molecule has 0 bridgehead atoms. The summed E-state index contributed by atoms with van der Waals surface area (Å²) in [5.41, 5.74) is 0.438. The molecule has 0 atom stereocenters. The first-order chi connectivity index (χ1) is 9.49. The smallest absolute Gasteiger partial charge is 0.335 e. The van der Waals surface area contributed by atoms with Gasteiger partial charge in [-0.15, -0.1) is 0 Å². The van der Waals surface area contributed by atoms with Crippen LogP contribution in [0.15, 0.2) is 36.7 Å². The number of halogens is 2. The van der Waals surface area contributed by atoms with Crippen molar-refractivity contribution in [2.45, 2.75) is 0 Å².